The van der Waals surface area contributed by atoms with Gasteiger partial charge in [0, 0.05) is 25.4 Å². The molecule has 1 aromatic carbocycles. The molecule has 2 fully saturated rings. The highest BCUT2D eigenvalue weighted by Crippen LogP contribution is 2.57. The van der Waals surface area contributed by atoms with Crippen LogP contribution in [0.1, 0.15) is 43.7 Å². The largest absolute Gasteiger partial charge is 0.461 e. The van der Waals surface area contributed by atoms with Crippen molar-refractivity contribution in [2.24, 2.45) is 11.8 Å². The predicted octanol–water partition coefficient (Wildman–Crippen LogP) is 2.84. The molecule has 1 unspecified atom stereocenters. The summed E-state index contributed by atoms with van der Waals surface area (Å²) in [5.74, 6) is -2.61. The predicted molar refractivity (Wildman–Crippen MR) is 138 cm³/mol. The van der Waals surface area contributed by atoms with Crippen LogP contribution in [0.5, 0.6) is 0 Å². The Balaban J connectivity index is 1.59. The van der Waals surface area contributed by atoms with Crippen LogP contribution in [0.3, 0.4) is 0 Å². The van der Waals surface area contributed by atoms with Crippen molar-refractivity contribution in [1.82, 2.24) is 4.90 Å². The fourth-order valence-corrected chi connectivity index (χ4v) is 6.77. The molecule has 0 radical (unpaired) electrons. The number of rotatable bonds is 7. The zero-order valence-electron chi connectivity index (χ0n) is 21.8. The summed E-state index contributed by atoms with van der Waals surface area (Å²) in [4.78, 5) is 45.2. The van der Waals surface area contributed by atoms with E-state index in [4.69, 9.17) is 14.6 Å². The van der Waals surface area contributed by atoms with Crippen molar-refractivity contribution in [2.45, 2.75) is 63.7 Å². The Morgan fingerprint density at radius 1 is 0.973 bits per heavy atom. The number of ether oxygens (including phenoxy) is 2. The molecular weight excluding hydrogens is 472 g/mol. The number of unbranched alkanes of at least 4 members (excludes halogenated alkanes) is 3. The first kappa shape index (κ1) is 25.7. The van der Waals surface area contributed by atoms with E-state index < -0.39 is 35.0 Å². The summed E-state index contributed by atoms with van der Waals surface area (Å²) in [6.45, 7) is 6.76. The third-order valence-corrected chi connectivity index (χ3v) is 8.33. The number of esters is 1. The van der Waals surface area contributed by atoms with Crippen LogP contribution in [-0.2, 0) is 23.9 Å². The standard InChI is InChI=1S/C29H36N2O6/c1-19-11-8-12-20(2)23(19)30-16-9-14-29-21(22-27(35)36-18-10-13-28(22,3)37-29)25(33)31(24(29)26(30)34)15-6-4-5-7-17-32/h8-14,21-22,24,32H,4-7,15-18H2,1-3H3/t21-,22+,24?,28-,29-/m0/s1. The van der Waals surface area contributed by atoms with Gasteiger partial charge >= 0.3 is 5.97 Å². The third-order valence-electron chi connectivity index (χ3n) is 8.33. The van der Waals surface area contributed by atoms with Crippen LogP contribution in [-0.4, -0.2) is 71.3 Å². The molecule has 198 valence electrons. The van der Waals surface area contributed by atoms with Gasteiger partial charge in [0.05, 0.1) is 11.5 Å². The van der Waals surface area contributed by atoms with Gasteiger partial charge in [0.1, 0.15) is 24.2 Å². The highest BCUT2D eigenvalue weighted by Gasteiger charge is 2.74. The van der Waals surface area contributed by atoms with E-state index in [1.54, 1.807) is 15.9 Å². The monoisotopic (exact) mass is 508 g/mol. The molecular formula is C29H36N2O6. The summed E-state index contributed by atoms with van der Waals surface area (Å²) >= 11 is 0. The van der Waals surface area contributed by atoms with Gasteiger partial charge in [0.15, 0.2) is 0 Å². The Labute approximate surface area is 217 Å². The van der Waals surface area contributed by atoms with Gasteiger partial charge in [0.25, 0.3) is 5.91 Å². The maximum absolute atomic E-state index is 14.5. The van der Waals surface area contributed by atoms with Crippen LogP contribution in [0.15, 0.2) is 42.5 Å². The molecule has 8 heteroatoms. The zero-order valence-corrected chi connectivity index (χ0v) is 21.8. The number of nitrogens with zero attached hydrogens (tertiary/aromatic N) is 2. The normalized spacial score (nSPS) is 32.6. The SMILES string of the molecule is Cc1cccc(C)c1N1CC=C[C@]23O[C@@]4(C)C=CCOC(=O)[C@H]4[C@H]2C(=O)N(CCCCCCO)C3C1=O. The van der Waals surface area contributed by atoms with E-state index in [1.165, 1.54) is 0 Å². The number of benzene rings is 1. The molecule has 5 rings (SSSR count). The molecule has 0 aliphatic carbocycles. The number of aryl methyl sites for hydroxylation is 2. The van der Waals surface area contributed by atoms with Gasteiger partial charge in [-0.2, -0.15) is 0 Å². The smallest absolute Gasteiger partial charge is 0.313 e. The highest BCUT2D eigenvalue weighted by molar-refractivity contribution is 6.06. The number of aliphatic hydroxyl groups is 1. The molecule has 0 bridgehead atoms. The molecule has 37 heavy (non-hydrogen) atoms. The number of cyclic esters (lactones) is 1. The van der Waals surface area contributed by atoms with Gasteiger partial charge in [-0.15, -0.1) is 0 Å². The summed E-state index contributed by atoms with van der Waals surface area (Å²) in [6.07, 6.45) is 10.4. The second-order valence-corrected chi connectivity index (χ2v) is 10.8. The molecule has 4 heterocycles. The van der Waals surface area contributed by atoms with Crippen molar-refractivity contribution in [3.63, 3.8) is 0 Å². The fraction of sp³-hybridized carbons (Fsp3) is 0.552. The molecule has 1 spiro atoms. The lowest BCUT2D eigenvalue weighted by Gasteiger charge is -2.37. The molecule has 0 aromatic heterocycles. The number of anilines is 1. The van der Waals surface area contributed by atoms with Crippen LogP contribution in [0.4, 0.5) is 5.69 Å². The lowest BCUT2D eigenvalue weighted by Crippen LogP contribution is -2.56. The van der Waals surface area contributed by atoms with Gasteiger partial charge in [-0.3, -0.25) is 14.4 Å². The summed E-state index contributed by atoms with van der Waals surface area (Å²) in [5.41, 5.74) is 0.462. The first-order valence-electron chi connectivity index (χ1n) is 13.3. The maximum Gasteiger partial charge on any atom is 0.313 e. The van der Waals surface area contributed by atoms with E-state index in [0.29, 0.717) is 25.9 Å². The van der Waals surface area contributed by atoms with Crippen molar-refractivity contribution >= 4 is 23.5 Å². The summed E-state index contributed by atoms with van der Waals surface area (Å²) in [7, 11) is 0. The zero-order chi connectivity index (χ0) is 26.4. The third kappa shape index (κ3) is 4.01. The molecule has 2 saturated heterocycles. The first-order chi connectivity index (χ1) is 17.7. The minimum Gasteiger partial charge on any atom is -0.461 e. The van der Waals surface area contributed by atoms with E-state index in [0.717, 1.165) is 29.7 Å². The number of likely N-dealkylation sites (tertiary alicyclic amines) is 1. The topological polar surface area (TPSA) is 96.4 Å². The van der Waals surface area contributed by atoms with Gasteiger partial charge < -0.3 is 24.4 Å². The Hall–Kier alpha value is -2.97. The molecule has 4 aliphatic rings. The summed E-state index contributed by atoms with van der Waals surface area (Å²) < 4.78 is 12.2. The average Bonchev–Trinajstić information content (AvgIpc) is 3.10. The van der Waals surface area contributed by atoms with E-state index in [-0.39, 0.29) is 25.0 Å². The van der Waals surface area contributed by atoms with E-state index in [2.05, 4.69) is 0 Å². The van der Waals surface area contributed by atoms with Gasteiger partial charge in [-0.1, -0.05) is 49.3 Å². The summed E-state index contributed by atoms with van der Waals surface area (Å²) in [6, 6.07) is 5.03. The molecule has 0 saturated carbocycles. The number of amides is 2. The Morgan fingerprint density at radius 3 is 2.43 bits per heavy atom. The maximum atomic E-state index is 14.5. The Bertz CT molecular complexity index is 1140. The highest BCUT2D eigenvalue weighted by atomic mass is 16.6. The minimum atomic E-state index is -1.27. The number of aliphatic hydroxyl groups excluding tert-OH is 1. The van der Waals surface area contributed by atoms with Crippen molar-refractivity contribution in [2.75, 3.05) is 31.2 Å². The summed E-state index contributed by atoms with van der Waals surface area (Å²) in [5, 5.41) is 9.12. The van der Waals surface area contributed by atoms with Crippen LogP contribution < -0.4 is 4.90 Å². The number of carbonyl (C=O) groups is 3. The molecule has 5 atom stereocenters. The number of hydrogen-bond donors (Lipinski definition) is 1. The fourth-order valence-electron chi connectivity index (χ4n) is 6.77. The Morgan fingerprint density at radius 2 is 1.70 bits per heavy atom. The first-order valence-corrected chi connectivity index (χ1v) is 13.3. The Kier molecular flexibility index (Phi) is 6.75. The van der Waals surface area contributed by atoms with Gasteiger partial charge in [0.2, 0.25) is 5.91 Å². The quantitative estimate of drug-likeness (QED) is 0.346. The van der Waals surface area contributed by atoms with Crippen LogP contribution in [0, 0.1) is 25.7 Å². The lowest BCUT2D eigenvalue weighted by atomic mass is 9.75. The average molecular weight is 509 g/mol. The van der Waals surface area contributed by atoms with E-state index >= 15 is 0 Å². The van der Waals surface area contributed by atoms with E-state index in [1.807, 2.05) is 57.2 Å². The van der Waals surface area contributed by atoms with Crippen LogP contribution >= 0.6 is 0 Å². The number of hydrogen-bond acceptors (Lipinski definition) is 6. The second kappa shape index (κ2) is 9.72. The van der Waals surface area contributed by atoms with Crippen molar-refractivity contribution in [3.8, 4) is 0 Å². The molecule has 1 aromatic rings. The van der Waals surface area contributed by atoms with Crippen LogP contribution in [0.2, 0.25) is 0 Å². The van der Waals surface area contributed by atoms with E-state index in [9.17, 15) is 14.4 Å². The van der Waals surface area contributed by atoms with Gasteiger partial charge in [-0.05, 0) is 50.8 Å². The molecule has 4 aliphatic heterocycles. The molecule has 2 amide bonds. The van der Waals surface area contributed by atoms with Gasteiger partial charge in [-0.25, -0.2) is 0 Å². The number of para-hydroxylation sites is 1. The van der Waals surface area contributed by atoms with Crippen molar-refractivity contribution in [3.05, 3.63) is 53.6 Å². The minimum absolute atomic E-state index is 0.133. The van der Waals surface area contributed by atoms with Crippen molar-refractivity contribution < 1.29 is 29.0 Å². The molecule has 8 nitrogen and oxygen atoms in total. The second-order valence-electron chi connectivity index (χ2n) is 10.8. The number of carbonyl (C=O) groups excluding carboxylic acids is 3. The van der Waals surface area contributed by atoms with Crippen molar-refractivity contribution in [1.29, 1.82) is 0 Å². The number of fused-ring (bicyclic) bond motifs is 2. The lowest BCUT2D eigenvalue weighted by molar-refractivity contribution is -0.156. The molecule has 1 N–H and O–H groups in total. The van der Waals surface area contributed by atoms with Crippen LogP contribution in [0.25, 0.3) is 0 Å².